The second kappa shape index (κ2) is 25.2. The van der Waals surface area contributed by atoms with Crippen LogP contribution in [0, 0.1) is 29.6 Å². The first-order valence-electron chi connectivity index (χ1n) is 17.5. The van der Waals surface area contributed by atoms with Crippen LogP contribution in [0.5, 0.6) is 0 Å². The van der Waals surface area contributed by atoms with Crippen LogP contribution in [0.1, 0.15) is 100 Å². The summed E-state index contributed by atoms with van der Waals surface area (Å²) in [5.41, 5.74) is 9.36. The molecule has 2 atom stereocenters. The van der Waals surface area contributed by atoms with Gasteiger partial charge in [0.2, 0.25) is 0 Å². The minimum atomic E-state index is -0.283. The summed E-state index contributed by atoms with van der Waals surface area (Å²) in [6.45, 7) is 15.4. The van der Waals surface area contributed by atoms with Gasteiger partial charge in [0.25, 0.3) is 0 Å². The van der Waals surface area contributed by atoms with Crippen LogP contribution in [0.3, 0.4) is 0 Å². The van der Waals surface area contributed by atoms with Crippen LogP contribution in [0.15, 0.2) is 84.0 Å². The molecule has 0 saturated heterocycles. The number of carbonyl (C=O) groups excluding carboxylic acids is 1. The summed E-state index contributed by atoms with van der Waals surface area (Å²) in [4.78, 5) is 12.1. The van der Waals surface area contributed by atoms with Crippen molar-refractivity contribution in [1.82, 2.24) is 5.32 Å². The Kier molecular flexibility index (Phi) is 22.1. The molecule has 48 heavy (non-hydrogen) atoms. The van der Waals surface area contributed by atoms with E-state index in [1.165, 1.54) is 62.3 Å². The first-order chi connectivity index (χ1) is 23.5. The highest BCUT2D eigenvalue weighted by atomic mass is 16.5. The Morgan fingerprint density at radius 1 is 0.917 bits per heavy atom. The Labute approximate surface area is 291 Å². The van der Waals surface area contributed by atoms with Gasteiger partial charge in [-0.15, -0.1) is 0 Å². The molecule has 2 aromatic rings. The summed E-state index contributed by atoms with van der Waals surface area (Å²) in [7, 11) is 1.43. The molecule has 1 aliphatic heterocycles. The molecule has 3 aliphatic rings. The van der Waals surface area contributed by atoms with Gasteiger partial charge in [-0.2, -0.15) is 0 Å². The summed E-state index contributed by atoms with van der Waals surface area (Å²) in [5, 5.41) is 23.7. The van der Waals surface area contributed by atoms with Gasteiger partial charge >= 0.3 is 5.97 Å². The lowest BCUT2D eigenvalue weighted by Crippen LogP contribution is -2.20. The Morgan fingerprint density at radius 3 is 2.25 bits per heavy atom. The standard InChI is InChI=1S/C20H21NO2.C18H28O.C2H6.2CH3N/c1-14-3-5-15(6-4-14)17-7-8-18(20(22)23-2)19(13-17)16-9-11-21-12-10-16;1-15-6-4-10-17(11-5-7-15)18-9-3-2-8-16(14-19)12-13-18;3*1-2/h3-9,13,21H,10-12H2,1-2H3;4,6-7,11,16,18-19H,2-3,5,8-10,12-14H2,1H3;1-2H3;2*2H,1H2/b;6-4?,15-7-,17-11+;;;. The highest BCUT2D eigenvalue weighted by Gasteiger charge is 2.20. The van der Waals surface area contributed by atoms with Crippen LogP contribution >= 0.6 is 0 Å². The van der Waals surface area contributed by atoms with E-state index in [4.69, 9.17) is 15.6 Å². The molecule has 6 nitrogen and oxygen atoms in total. The van der Waals surface area contributed by atoms with Gasteiger partial charge in [-0.1, -0.05) is 104 Å². The largest absolute Gasteiger partial charge is 0.465 e. The van der Waals surface area contributed by atoms with E-state index in [2.05, 4.69) is 93.3 Å². The maximum absolute atomic E-state index is 12.1. The van der Waals surface area contributed by atoms with E-state index in [1.807, 2.05) is 26.0 Å². The molecule has 1 fully saturated rings. The molecular weight excluding hydrogens is 594 g/mol. The Hall–Kier alpha value is -3.87. The molecule has 6 heteroatoms. The summed E-state index contributed by atoms with van der Waals surface area (Å²) in [5.74, 6) is 1.02. The van der Waals surface area contributed by atoms with Crippen molar-refractivity contribution in [2.75, 3.05) is 26.8 Å². The number of aliphatic hydroxyl groups excluding tert-OH is 1. The van der Waals surface area contributed by atoms with Crippen molar-refractivity contribution >= 4 is 25.0 Å². The van der Waals surface area contributed by atoms with E-state index in [1.54, 1.807) is 5.57 Å². The fraction of sp³-hybridized carbons (Fsp3) is 0.452. The van der Waals surface area contributed by atoms with Gasteiger partial charge in [0.1, 0.15) is 0 Å². The molecule has 2 unspecified atom stereocenters. The van der Waals surface area contributed by atoms with Crippen LogP contribution in [0.4, 0.5) is 0 Å². The summed E-state index contributed by atoms with van der Waals surface area (Å²) in [6.07, 6.45) is 22.3. The van der Waals surface area contributed by atoms with Gasteiger partial charge in [-0.05, 0) is 125 Å². The lowest BCUT2D eigenvalue weighted by atomic mass is 9.80. The van der Waals surface area contributed by atoms with Crippen molar-refractivity contribution in [3.63, 3.8) is 0 Å². The zero-order valence-corrected chi connectivity index (χ0v) is 30.2. The first-order valence-corrected chi connectivity index (χ1v) is 17.5. The zero-order valence-electron chi connectivity index (χ0n) is 30.2. The van der Waals surface area contributed by atoms with Gasteiger partial charge in [-0.3, -0.25) is 0 Å². The predicted octanol–water partition coefficient (Wildman–Crippen LogP) is 10.2. The third kappa shape index (κ3) is 14.1. The minimum Gasteiger partial charge on any atom is -0.465 e. The van der Waals surface area contributed by atoms with Crippen molar-refractivity contribution < 1.29 is 14.6 Å². The molecule has 2 aromatic carbocycles. The molecular formula is C42H61N3O3. The number of ether oxygens (including phenoxy) is 1. The number of aryl methyl sites for hydroxylation is 1. The topological polar surface area (TPSA) is 106 Å². The SMILES string of the molecule is C/C1=C/C/C=C(/C2CCCCC(CO)CC2)CC=C1.C=N.C=N.CC.COC(=O)c1ccc(-c2ccc(C)cc2)cc1C1=CCNCC1. The molecule has 0 amide bonds. The average molecular weight is 656 g/mol. The Balaban J connectivity index is 0.000000421. The van der Waals surface area contributed by atoms with Gasteiger partial charge in [0.15, 0.2) is 0 Å². The number of allylic oxidation sites excluding steroid dienone is 6. The number of carbonyl (C=O) groups is 1. The predicted molar refractivity (Wildman–Crippen MR) is 206 cm³/mol. The number of hydrogen-bond donors (Lipinski definition) is 4. The quantitative estimate of drug-likeness (QED) is 0.146. The molecule has 1 saturated carbocycles. The number of benzene rings is 2. The summed E-state index contributed by atoms with van der Waals surface area (Å²) >= 11 is 0. The van der Waals surface area contributed by atoms with E-state index >= 15 is 0 Å². The number of methoxy groups -OCH3 is 1. The molecule has 4 N–H and O–H groups in total. The minimum absolute atomic E-state index is 0.283. The highest BCUT2D eigenvalue weighted by Crippen LogP contribution is 2.33. The second-order valence-electron chi connectivity index (χ2n) is 12.0. The van der Waals surface area contributed by atoms with Gasteiger partial charge in [-0.25, -0.2) is 4.79 Å². The maximum Gasteiger partial charge on any atom is 0.338 e. The van der Waals surface area contributed by atoms with E-state index < -0.39 is 0 Å². The van der Waals surface area contributed by atoms with Crippen molar-refractivity contribution in [1.29, 1.82) is 10.8 Å². The average Bonchev–Trinajstić information content (AvgIpc) is 3.13. The number of aliphatic hydroxyl groups is 1. The highest BCUT2D eigenvalue weighted by molar-refractivity contribution is 5.96. The van der Waals surface area contributed by atoms with Crippen LogP contribution in [0.2, 0.25) is 0 Å². The lowest BCUT2D eigenvalue weighted by Gasteiger charge is -2.26. The Bertz CT molecular complexity index is 1340. The van der Waals surface area contributed by atoms with Gasteiger partial charge < -0.3 is 26.0 Å². The smallest absolute Gasteiger partial charge is 0.338 e. The third-order valence-electron chi connectivity index (χ3n) is 8.89. The molecule has 0 radical (unpaired) electrons. The van der Waals surface area contributed by atoms with E-state index in [0.29, 0.717) is 18.1 Å². The molecule has 0 spiro atoms. The second-order valence-corrected chi connectivity index (χ2v) is 12.0. The van der Waals surface area contributed by atoms with Gasteiger partial charge in [0, 0.05) is 13.2 Å². The fourth-order valence-corrected chi connectivity index (χ4v) is 6.26. The van der Waals surface area contributed by atoms with Crippen molar-refractivity contribution in [2.24, 2.45) is 11.8 Å². The molecule has 5 rings (SSSR count). The van der Waals surface area contributed by atoms with Crippen LogP contribution < -0.4 is 5.32 Å². The molecule has 0 bridgehead atoms. The maximum atomic E-state index is 12.1. The lowest BCUT2D eigenvalue weighted by molar-refractivity contribution is 0.0600. The molecule has 262 valence electrons. The van der Waals surface area contributed by atoms with Crippen molar-refractivity contribution in [3.8, 4) is 11.1 Å². The molecule has 2 aliphatic carbocycles. The number of nitrogens with one attached hydrogen (secondary N) is 3. The number of esters is 1. The van der Waals surface area contributed by atoms with Crippen LogP contribution in [-0.4, -0.2) is 51.3 Å². The van der Waals surface area contributed by atoms with E-state index in [-0.39, 0.29) is 5.97 Å². The molecule has 1 heterocycles. The number of rotatable bonds is 5. The van der Waals surface area contributed by atoms with E-state index in [0.717, 1.165) is 55.0 Å². The fourth-order valence-electron chi connectivity index (χ4n) is 6.26. The third-order valence-corrected chi connectivity index (χ3v) is 8.89. The van der Waals surface area contributed by atoms with Crippen LogP contribution in [-0.2, 0) is 4.74 Å². The first kappa shape index (κ1) is 42.2. The van der Waals surface area contributed by atoms with Gasteiger partial charge in [0.05, 0.1) is 12.7 Å². The summed E-state index contributed by atoms with van der Waals surface area (Å²) in [6, 6.07) is 14.4. The molecule has 0 aromatic heterocycles. The Morgan fingerprint density at radius 2 is 1.60 bits per heavy atom. The van der Waals surface area contributed by atoms with Crippen molar-refractivity contribution in [3.05, 3.63) is 101 Å². The van der Waals surface area contributed by atoms with Crippen LogP contribution in [0.25, 0.3) is 16.7 Å². The monoisotopic (exact) mass is 655 g/mol. The normalized spacial score (nSPS) is 21.0. The number of hydrogen-bond acceptors (Lipinski definition) is 6. The van der Waals surface area contributed by atoms with Crippen molar-refractivity contribution in [2.45, 2.75) is 85.5 Å². The summed E-state index contributed by atoms with van der Waals surface area (Å²) < 4.78 is 4.95. The zero-order chi connectivity index (χ0) is 35.7. The van der Waals surface area contributed by atoms with E-state index in [9.17, 15) is 9.90 Å².